The summed E-state index contributed by atoms with van der Waals surface area (Å²) in [4.78, 5) is 32.5. The number of benzene rings is 3. The van der Waals surface area contributed by atoms with E-state index in [4.69, 9.17) is 4.52 Å². The van der Waals surface area contributed by atoms with Crippen molar-refractivity contribution >= 4 is 10.9 Å². The average molecular weight is 478 g/mol. The van der Waals surface area contributed by atoms with E-state index in [9.17, 15) is 22.8 Å². The van der Waals surface area contributed by atoms with Crippen molar-refractivity contribution in [3.05, 3.63) is 104 Å². The molecule has 7 nitrogen and oxygen atoms in total. The van der Waals surface area contributed by atoms with E-state index in [1.165, 1.54) is 24.3 Å². The minimum absolute atomic E-state index is 0.0202. The van der Waals surface area contributed by atoms with Crippen molar-refractivity contribution in [2.45, 2.75) is 19.6 Å². The normalized spacial score (nSPS) is 11.8. The van der Waals surface area contributed by atoms with Gasteiger partial charge in [-0.25, -0.2) is 4.79 Å². The number of aromatic nitrogens is 4. The molecule has 0 unspecified atom stereocenters. The van der Waals surface area contributed by atoms with E-state index in [-0.39, 0.29) is 34.7 Å². The Morgan fingerprint density at radius 1 is 0.971 bits per heavy atom. The first-order valence-corrected chi connectivity index (χ1v) is 10.5. The van der Waals surface area contributed by atoms with E-state index in [2.05, 4.69) is 15.1 Å². The molecule has 0 aliphatic heterocycles. The minimum atomic E-state index is -4.50. The predicted octanol–water partition coefficient (Wildman–Crippen LogP) is 4.78. The van der Waals surface area contributed by atoms with Gasteiger partial charge in [0, 0.05) is 11.1 Å². The van der Waals surface area contributed by atoms with Crippen LogP contribution in [-0.4, -0.2) is 19.7 Å². The van der Waals surface area contributed by atoms with Crippen LogP contribution in [0.2, 0.25) is 0 Å². The molecule has 35 heavy (non-hydrogen) atoms. The van der Waals surface area contributed by atoms with Crippen LogP contribution in [0.3, 0.4) is 0 Å². The van der Waals surface area contributed by atoms with Crippen LogP contribution in [0.4, 0.5) is 13.2 Å². The summed E-state index contributed by atoms with van der Waals surface area (Å²) in [5.74, 6) is 0.0113. The van der Waals surface area contributed by atoms with E-state index in [0.29, 0.717) is 5.56 Å². The molecule has 5 rings (SSSR count). The Kier molecular flexibility index (Phi) is 5.35. The second-order valence-electron chi connectivity index (χ2n) is 8.07. The number of hydrogen-bond acceptors (Lipinski definition) is 5. The maximum absolute atomic E-state index is 13.0. The molecular formula is C25H17F3N4O3. The fourth-order valence-corrected chi connectivity index (χ4v) is 3.70. The molecule has 2 aromatic heterocycles. The lowest BCUT2D eigenvalue weighted by molar-refractivity contribution is -0.137. The Balaban J connectivity index is 1.49. The van der Waals surface area contributed by atoms with Crippen LogP contribution in [0.1, 0.15) is 16.7 Å². The molecule has 0 aliphatic carbocycles. The van der Waals surface area contributed by atoms with Crippen LogP contribution < -0.4 is 11.2 Å². The highest BCUT2D eigenvalue weighted by molar-refractivity contribution is 5.82. The topological polar surface area (TPSA) is 93.8 Å². The second-order valence-corrected chi connectivity index (χ2v) is 8.07. The molecule has 0 saturated heterocycles. The van der Waals surface area contributed by atoms with Crippen molar-refractivity contribution in [3.63, 3.8) is 0 Å². The molecule has 0 bridgehead atoms. The van der Waals surface area contributed by atoms with Crippen molar-refractivity contribution in [2.24, 2.45) is 0 Å². The highest BCUT2D eigenvalue weighted by Crippen LogP contribution is 2.32. The highest BCUT2D eigenvalue weighted by Gasteiger charge is 2.30. The maximum Gasteiger partial charge on any atom is 0.416 e. The van der Waals surface area contributed by atoms with Crippen molar-refractivity contribution < 1.29 is 17.7 Å². The second kappa shape index (κ2) is 8.39. The van der Waals surface area contributed by atoms with E-state index in [1.54, 1.807) is 6.07 Å². The number of H-pyrrole nitrogens is 1. The number of rotatable bonds is 4. The number of nitrogens with one attached hydrogen (secondary N) is 1. The van der Waals surface area contributed by atoms with Crippen LogP contribution >= 0.6 is 0 Å². The Morgan fingerprint density at radius 2 is 1.74 bits per heavy atom. The van der Waals surface area contributed by atoms with Gasteiger partial charge in [-0.2, -0.15) is 18.2 Å². The van der Waals surface area contributed by atoms with E-state index < -0.39 is 23.0 Å². The summed E-state index contributed by atoms with van der Waals surface area (Å²) in [7, 11) is 0. The Hall–Kier alpha value is -4.47. The molecule has 0 saturated carbocycles. The van der Waals surface area contributed by atoms with E-state index in [1.807, 2.05) is 31.2 Å². The zero-order valence-electron chi connectivity index (χ0n) is 18.3. The van der Waals surface area contributed by atoms with Crippen LogP contribution in [0.25, 0.3) is 33.7 Å². The first kappa shape index (κ1) is 22.3. The van der Waals surface area contributed by atoms with Crippen molar-refractivity contribution in [1.29, 1.82) is 0 Å². The quantitative estimate of drug-likeness (QED) is 0.401. The Bertz CT molecular complexity index is 1670. The summed E-state index contributed by atoms with van der Waals surface area (Å²) in [5, 5.41) is 4.07. The number of nitrogens with zero attached hydrogens (tertiary/aromatic N) is 3. The zero-order chi connectivity index (χ0) is 24.7. The molecule has 2 heterocycles. The summed E-state index contributed by atoms with van der Waals surface area (Å²) in [6.07, 6.45) is -4.50. The number of aryl methyl sites for hydroxylation is 1. The van der Waals surface area contributed by atoms with Crippen LogP contribution in [0.15, 0.2) is 80.8 Å². The Labute approximate surface area is 195 Å². The molecule has 0 amide bonds. The van der Waals surface area contributed by atoms with E-state index in [0.717, 1.165) is 27.8 Å². The molecule has 0 spiro atoms. The van der Waals surface area contributed by atoms with Gasteiger partial charge >= 0.3 is 11.9 Å². The van der Waals surface area contributed by atoms with Gasteiger partial charge in [-0.05, 0) is 42.8 Å². The third kappa shape index (κ3) is 4.37. The number of fused-ring (bicyclic) bond motifs is 1. The number of hydrogen-bond donors (Lipinski definition) is 1. The van der Waals surface area contributed by atoms with Gasteiger partial charge in [-0.3, -0.25) is 9.36 Å². The largest absolute Gasteiger partial charge is 0.416 e. The first-order chi connectivity index (χ1) is 16.7. The SMILES string of the molecule is Cc1ccc(Cn2c(=O)[nH]c3cc(-c4nc(-c5cccc(C(F)(F)F)c5)no4)ccc3c2=O)cc1. The number of alkyl halides is 3. The highest BCUT2D eigenvalue weighted by atomic mass is 19.4. The fraction of sp³-hybridized carbons (Fsp3) is 0.120. The van der Waals surface area contributed by atoms with Crippen molar-refractivity contribution in [3.8, 4) is 22.8 Å². The van der Waals surface area contributed by atoms with Gasteiger partial charge < -0.3 is 9.51 Å². The summed E-state index contributed by atoms with van der Waals surface area (Å²) >= 11 is 0. The van der Waals surface area contributed by atoms with Gasteiger partial charge in [0.15, 0.2) is 0 Å². The molecule has 0 radical (unpaired) electrons. The Morgan fingerprint density at radius 3 is 2.49 bits per heavy atom. The summed E-state index contributed by atoms with van der Waals surface area (Å²) < 4.78 is 45.4. The lowest BCUT2D eigenvalue weighted by Crippen LogP contribution is -2.35. The molecule has 3 aromatic carbocycles. The zero-order valence-corrected chi connectivity index (χ0v) is 18.3. The molecule has 176 valence electrons. The molecule has 10 heteroatoms. The smallest absolute Gasteiger partial charge is 0.334 e. The third-order valence-corrected chi connectivity index (χ3v) is 5.56. The van der Waals surface area contributed by atoms with E-state index >= 15 is 0 Å². The van der Waals surface area contributed by atoms with Gasteiger partial charge in [-0.1, -0.05) is 47.1 Å². The van der Waals surface area contributed by atoms with Gasteiger partial charge in [0.05, 0.1) is 23.0 Å². The third-order valence-electron chi connectivity index (χ3n) is 5.56. The van der Waals surface area contributed by atoms with Crippen molar-refractivity contribution in [1.82, 2.24) is 19.7 Å². The summed E-state index contributed by atoms with van der Waals surface area (Å²) in [6, 6.07) is 16.7. The summed E-state index contributed by atoms with van der Waals surface area (Å²) in [5.41, 5.74) is 0.840. The lowest BCUT2D eigenvalue weighted by Gasteiger charge is -2.07. The van der Waals surface area contributed by atoms with Crippen molar-refractivity contribution in [2.75, 3.05) is 0 Å². The maximum atomic E-state index is 13.0. The molecule has 0 atom stereocenters. The van der Waals surface area contributed by atoms with Gasteiger partial charge in [0.2, 0.25) is 5.82 Å². The van der Waals surface area contributed by atoms with Crippen LogP contribution in [0, 0.1) is 6.92 Å². The van der Waals surface area contributed by atoms with Gasteiger partial charge in [0.25, 0.3) is 11.4 Å². The average Bonchev–Trinajstić information content (AvgIpc) is 3.33. The molecule has 1 N–H and O–H groups in total. The molecule has 0 aliphatic rings. The first-order valence-electron chi connectivity index (χ1n) is 10.5. The van der Waals surface area contributed by atoms with Crippen LogP contribution in [0.5, 0.6) is 0 Å². The monoisotopic (exact) mass is 478 g/mol. The number of aromatic amines is 1. The standard InChI is InChI=1S/C25H17F3N4O3/c1-14-5-7-15(8-6-14)13-32-23(33)19-10-9-17(12-20(19)29-24(32)34)22-30-21(31-35-22)16-3-2-4-18(11-16)25(26,27)28/h2-12H,13H2,1H3,(H,29,34). The lowest BCUT2D eigenvalue weighted by atomic mass is 10.1. The minimum Gasteiger partial charge on any atom is -0.334 e. The van der Waals surface area contributed by atoms with Gasteiger partial charge in [0.1, 0.15) is 0 Å². The number of halogens is 3. The molecular weight excluding hydrogens is 461 g/mol. The molecule has 5 aromatic rings. The molecule has 0 fully saturated rings. The van der Waals surface area contributed by atoms with Gasteiger partial charge in [-0.15, -0.1) is 0 Å². The summed E-state index contributed by atoms with van der Waals surface area (Å²) in [6.45, 7) is 2.07. The van der Waals surface area contributed by atoms with Crippen LogP contribution in [-0.2, 0) is 12.7 Å². The fourth-order valence-electron chi connectivity index (χ4n) is 3.70. The predicted molar refractivity (Wildman–Crippen MR) is 123 cm³/mol.